The van der Waals surface area contributed by atoms with E-state index in [1.807, 2.05) is 6.92 Å². The molecule has 2 rings (SSSR count). The summed E-state index contributed by atoms with van der Waals surface area (Å²) in [6, 6.07) is -0.359. The molecule has 1 unspecified atom stereocenters. The lowest BCUT2D eigenvalue weighted by atomic mass is 10.0. The van der Waals surface area contributed by atoms with E-state index in [1.54, 1.807) is 0 Å². The quantitative estimate of drug-likeness (QED) is 0.747. The fourth-order valence-corrected chi connectivity index (χ4v) is 3.38. The second kappa shape index (κ2) is 8.20. The van der Waals surface area contributed by atoms with Gasteiger partial charge in [-0.3, -0.25) is 9.80 Å². The maximum atomic E-state index is 12.4. The molecule has 138 valence electrons. The van der Waals surface area contributed by atoms with E-state index in [9.17, 15) is 18.0 Å². The van der Waals surface area contributed by atoms with Crippen LogP contribution in [0.5, 0.6) is 0 Å². The third-order valence-electron chi connectivity index (χ3n) is 4.43. The summed E-state index contributed by atoms with van der Waals surface area (Å²) in [5.41, 5.74) is 1.13. The summed E-state index contributed by atoms with van der Waals surface area (Å²) in [7, 11) is 0. The van der Waals surface area contributed by atoms with Crippen molar-refractivity contribution in [1.29, 1.82) is 0 Å². The number of amides is 2. The van der Waals surface area contributed by atoms with Crippen LogP contribution in [0.3, 0.4) is 0 Å². The molecule has 2 aliphatic heterocycles. The first-order valence-electron chi connectivity index (χ1n) is 8.44. The highest BCUT2D eigenvalue weighted by Gasteiger charge is 2.34. The second-order valence-corrected chi connectivity index (χ2v) is 6.96. The van der Waals surface area contributed by atoms with Gasteiger partial charge in [0, 0.05) is 44.8 Å². The van der Waals surface area contributed by atoms with Crippen LogP contribution in [0, 0.1) is 0 Å². The predicted octanol–water partition coefficient (Wildman–Crippen LogP) is 1.96. The summed E-state index contributed by atoms with van der Waals surface area (Å²) in [5, 5.41) is 5.74. The monoisotopic (exact) mass is 348 g/mol. The Morgan fingerprint density at radius 2 is 1.62 bits per heavy atom. The fraction of sp³-hybridized carbons (Fsp3) is 0.812. The largest absolute Gasteiger partial charge is 0.401 e. The van der Waals surface area contributed by atoms with Crippen LogP contribution in [0.15, 0.2) is 12.2 Å². The van der Waals surface area contributed by atoms with Crippen LogP contribution in [-0.2, 0) is 0 Å². The Kier molecular flexibility index (Phi) is 6.51. The third-order valence-corrected chi connectivity index (χ3v) is 4.43. The van der Waals surface area contributed by atoms with Gasteiger partial charge in [0.15, 0.2) is 0 Å². The van der Waals surface area contributed by atoms with Gasteiger partial charge in [-0.15, -0.1) is 0 Å². The van der Waals surface area contributed by atoms with E-state index >= 15 is 0 Å². The molecule has 0 radical (unpaired) electrons. The standard InChI is InChI=1S/C16H27F3N4O/c1-12(2)9-22-6-3-13(4-7-22)20-15(24)21-14-5-8-23(10-14)11-16(17,18)19/h13-14H,1,3-11H2,2H3,(H2,20,21,24). The number of rotatable bonds is 5. The highest BCUT2D eigenvalue weighted by molar-refractivity contribution is 5.74. The zero-order valence-corrected chi connectivity index (χ0v) is 14.2. The lowest BCUT2D eigenvalue weighted by Crippen LogP contribution is -2.50. The molecule has 0 bridgehead atoms. The Bertz CT molecular complexity index is 447. The van der Waals surface area contributed by atoms with Gasteiger partial charge in [-0.05, 0) is 26.2 Å². The zero-order valence-electron chi connectivity index (χ0n) is 14.2. The van der Waals surface area contributed by atoms with Gasteiger partial charge < -0.3 is 10.6 Å². The zero-order chi connectivity index (χ0) is 17.7. The Labute approximate surface area is 141 Å². The number of alkyl halides is 3. The van der Waals surface area contributed by atoms with Crippen LogP contribution < -0.4 is 10.6 Å². The number of carbonyl (C=O) groups excluding carboxylic acids is 1. The van der Waals surface area contributed by atoms with Gasteiger partial charge in [-0.2, -0.15) is 13.2 Å². The molecule has 2 fully saturated rings. The average molecular weight is 348 g/mol. The SMILES string of the molecule is C=C(C)CN1CCC(NC(=O)NC2CCN(CC(F)(F)F)C2)CC1. The second-order valence-electron chi connectivity index (χ2n) is 6.96. The number of nitrogens with zero attached hydrogens (tertiary/aromatic N) is 2. The minimum Gasteiger partial charge on any atom is -0.335 e. The Hall–Kier alpha value is -1.28. The van der Waals surface area contributed by atoms with Crippen molar-refractivity contribution in [2.45, 2.75) is 44.4 Å². The van der Waals surface area contributed by atoms with Crippen molar-refractivity contribution in [3.05, 3.63) is 12.2 Å². The van der Waals surface area contributed by atoms with Crippen LogP contribution in [-0.4, -0.2) is 73.4 Å². The molecule has 8 heteroatoms. The first-order valence-corrected chi connectivity index (χ1v) is 8.44. The van der Waals surface area contributed by atoms with Gasteiger partial charge in [0.25, 0.3) is 0 Å². The highest BCUT2D eigenvalue weighted by Crippen LogP contribution is 2.20. The maximum Gasteiger partial charge on any atom is 0.401 e. The number of piperidine rings is 1. The summed E-state index contributed by atoms with van der Waals surface area (Å²) >= 11 is 0. The van der Waals surface area contributed by atoms with Crippen molar-refractivity contribution in [3.8, 4) is 0 Å². The minimum atomic E-state index is -4.19. The van der Waals surface area contributed by atoms with Crippen molar-refractivity contribution < 1.29 is 18.0 Å². The summed E-state index contributed by atoms with van der Waals surface area (Å²) in [5.74, 6) is 0. The van der Waals surface area contributed by atoms with Crippen LogP contribution in [0.1, 0.15) is 26.2 Å². The number of carbonyl (C=O) groups is 1. The molecule has 24 heavy (non-hydrogen) atoms. The molecule has 0 aromatic heterocycles. The lowest BCUT2D eigenvalue weighted by Gasteiger charge is -2.32. The van der Waals surface area contributed by atoms with E-state index < -0.39 is 12.7 Å². The Morgan fingerprint density at radius 1 is 1.08 bits per heavy atom. The Morgan fingerprint density at radius 3 is 2.21 bits per heavy atom. The number of halogens is 3. The van der Waals surface area contributed by atoms with Crippen molar-refractivity contribution in [2.75, 3.05) is 39.3 Å². The number of hydrogen-bond donors (Lipinski definition) is 2. The smallest absolute Gasteiger partial charge is 0.335 e. The van der Waals surface area contributed by atoms with Gasteiger partial charge in [0.05, 0.1) is 6.54 Å². The van der Waals surface area contributed by atoms with Crippen molar-refractivity contribution >= 4 is 6.03 Å². The topological polar surface area (TPSA) is 47.6 Å². The van der Waals surface area contributed by atoms with E-state index in [0.29, 0.717) is 13.0 Å². The first-order chi connectivity index (χ1) is 11.2. The lowest BCUT2D eigenvalue weighted by molar-refractivity contribution is -0.143. The summed E-state index contributed by atoms with van der Waals surface area (Å²) in [4.78, 5) is 15.7. The normalized spacial score (nSPS) is 24.1. The molecular formula is C16H27F3N4O. The van der Waals surface area contributed by atoms with Gasteiger partial charge in [0.2, 0.25) is 0 Å². The average Bonchev–Trinajstić information content (AvgIpc) is 2.85. The fourth-order valence-electron chi connectivity index (χ4n) is 3.38. The summed E-state index contributed by atoms with van der Waals surface area (Å²) < 4.78 is 37.1. The number of nitrogens with one attached hydrogen (secondary N) is 2. The summed E-state index contributed by atoms with van der Waals surface area (Å²) in [6.45, 7) is 8.34. The van der Waals surface area contributed by atoms with Crippen LogP contribution in [0.2, 0.25) is 0 Å². The number of hydrogen-bond acceptors (Lipinski definition) is 3. The van der Waals surface area contributed by atoms with Crippen LogP contribution in [0.25, 0.3) is 0 Å². The molecule has 0 spiro atoms. The van der Waals surface area contributed by atoms with E-state index in [4.69, 9.17) is 0 Å². The van der Waals surface area contributed by atoms with E-state index in [1.165, 1.54) is 4.90 Å². The van der Waals surface area contributed by atoms with E-state index in [-0.39, 0.29) is 24.7 Å². The van der Waals surface area contributed by atoms with E-state index in [0.717, 1.165) is 38.0 Å². The maximum absolute atomic E-state index is 12.4. The molecule has 1 atom stereocenters. The van der Waals surface area contributed by atoms with Crippen molar-refractivity contribution in [2.24, 2.45) is 0 Å². The number of urea groups is 1. The van der Waals surface area contributed by atoms with Gasteiger partial charge in [-0.25, -0.2) is 4.79 Å². The van der Waals surface area contributed by atoms with Crippen LogP contribution >= 0.6 is 0 Å². The Balaban J connectivity index is 1.65. The van der Waals surface area contributed by atoms with Gasteiger partial charge in [-0.1, -0.05) is 12.2 Å². The van der Waals surface area contributed by atoms with E-state index in [2.05, 4.69) is 22.1 Å². The molecule has 0 aromatic carbocycles. The van der Waals surface area contributed by atoms with Crippen molar-refractivity contribution in [3.63, 3.8) is 0 Å². The molecule has 0 saturated carbocycles. The molecule has 2 saturated heterocycles. The molecule has 2 N–H and O–H groups in total. The van der Waals surface area contributed by atoms with Crippen molar-refractivity contribution in [1.82, 2.24) is 20.4 Å². The van der Waals surface area contributed by atoms with Gasteiger partial charge in [0.1, 0.15) is 0 Å². The van der Waals surface area contributed by atoms with Gasteiger partial charge >= 0.3 is 12.2 Å². The highest BCUT2D eigenvalue weighted by atomic mass is 19.4. The molecule has 5 nitrogen and oxygen atoms in total. The third kappa shape index (κ3) is 6.68. The molecule has 0 aliphatic carbocycles. The first kappa shape index (κ1) is 19.1. The molecule has 2 aliphatic rings. The number of likely N-dealkylation sites (tertiary alicyclic amines) is 2. The molecular weight excluding hydrogens is 321 g/mol. The molecule has 2 heterocycles. The summed E-state index contributed by atoms with van der Waals surface area (Å²) in [6.07, 6.45) is -1.87. The predicted molar refractivity (Wildman–Crippen MR) is 86.8 cm³/mol. The van der Waals surface area contributed by atoms with Crippen LogP contribution in [0.4, 0.5) is 18.0 Å². The molecule has 0 aromatic rings. The minimum absolute atomic E-state index is 0.124. The molecule has 2 amide bonds.